The molecule has 7 heteroatoms. The zero-order valence-corrected chi connectivity index (χ0v) is 19.3. The van der Waals surface area contributed by atoms with Crippen molar-refractivity contribution in [1.29, 1.82) is 0 Å². The molecule has 0 bridgehead atoms. The van der Waals surface area contributed by atoms with E-state index in [1.807, 2.05) is 54.7 Å². The van der Waals surface area contributed by atoms with Gasteiger partial charge in [-0.05, 0) is 67.4 Å². The van der Waals surface area contributed by atoms with Gasteiger partial charge in [0.15, 0.2) is 0 Å². The Kier molecular flexibility index (Phi) is 5.17. The number of rotatable bonds is 6. The summed E-state index contributed by atoms with van der Waals surface area (Å²) < 4.78 is 13.2. The molecule has 1 atom stereocenters. The average molecular weight is 468 g/mol. The van der Waals surface area contributed by atoms with Crippen LogP contribution < -0.4 is 9.64 Å². The van der Waals surface area contributed by atoms with E-state index < -0.39 is 6.04 Å². The second-order valence-electron chi connectivity index (χ2n) is 8.87. The Morgan fingerprint density at radius 3 is 2.57 bits per heavy atom. The molecule has 4 aromatic rings. The number of methoxy groups -OCH3 is 1. The molecule has 0 N–H and O–H groups in total. The molecule has 2 aromatic heterocycles. The molecule has 1 aliphatic heterocycles. The van der Waals surface area contributed by atoms with Gasteiger partial charge in [0.2, 0.25) is 5.91 Å². The molecular formula is C28H25N3O4. The number of para-hydroxylation sites is 2. The van der Waals surface area contributed by atoms with Gasteiger partial charge in [-0.3, -0.25) is 14.5 Å². The summed E-state index contributed by atoms with van der Waals surface area (Å²) in [5, 5.41) is 0. The van der Waals surface area contributed by atoms with E-state index in [4.69, 9.17) is 9.15 Å². The van der Waals surface area contributed by atoms with Crippen LogP contribution in [0.4, 0.5) is 5.69 Å². The average Bonchev–Trinajstić information content (AvgIpc) is 3.37. The summed E-state index contributed by atoms with van der Waals surface area (Å²) in [4.78, 5) is 31.0. The highest BCUT2D eigenvalue weighted by molar-refractivity contribution is 6.03. The Morgan fingerprint density at radius 2 is 1.83 bits per heavy atom. The third-order valence-corrected chi connectivity index (χ3v) is 6.67. The van der Waals surface area contributed by atoms with Crippen molar-refractivity contribution in [2.75, 3.05) is 18.6 Å². The van der Waals surface area contributed by atoms with Crippen LogP contribution in [-0.4, -0.2) is 41.0 Å². The van der Waals surface area contributed by atoms with Crippen LogP contribution in [0.25, 0.3) is 5.69 Å². The van der Waals surface area contributed by atoms with Crippen LogP contribution in [0.15, 0.2) is 89.7 Å². The highest BCUT2D eigenvalue weighted by Crippen LogP contribution is 2.42. The van der Waals surface area contributed by atoms with Gasteiger partial charge in [-0.15, -0.1) is 0 Å². The number of aromatic nitrogens is 1. The number of furan rings is 1. The van der Waals surface area contributed by atoms with Crippen LogP contribution in [0.2, 0.25) is 0 Å². The smallest absolute Gasteiger partial charge is 0.254 e. The van der Waals surface area contributed by atoms with Crippen LogP contribution >= 0.6 is 0 Å². The van der Waals surface area contributed by atoms with Gasteiger partial charge in [-0.25, -0.2) is 0 Å². The molecule has 2 amide bonds. The minimum absolute atomic E-state index is 0.0209. The van der Waals surface area contributed by atoms with Crippen molar-refractivity contribution in [2.24, 2.45) is 0 Å². The van der Waals surface area contributed by atoms with Crippen molar-refractivity contribution in [3.05, 3.63) is 102 Å². The first-order valence-corrected chi connectivity index (χ1v) is 11.7. The molecule has 176 valence electrons. The topological polar surface area (TPSA) is 67.9 Å². The summed E-state index contributed by atoms with van der Waals surface area (Å²) in [6, 6.07) is 22.2. The highest BCUT2D eigenvalue weighted by atomic mass is 16.5. The summed E-state index contributed by atoms with van der Waals surface area (Å²) in [5.41, 5.74) is 3.15. The largest absolute Gasteiger partial charge is 0.497 e. The second-order valence-corrected chi connectivity index (χ2v) is 8.87. The maximum atomic E-state index is 14.1. The zero-order chi connectivity index (χ0) is 23.9. The molecule has 3 heterocycles. The van der Waals surface area contributed by atoms with E-state index in [2.05, 4.69) is 4.57 Å². The lowest BCUT2D eigenvalue weighted by Gasteiger charge is -2.38. The van der Waals surface area contributed by atoms with Crippen molar-refractivity contribution in [1.82, 2.24) is 9.47 Å². The molecule has 2 aromatic carbocycles. The van der Waals surface area contributed by atoms with Crippen molar-refractivity contribution in [3.63, 3.8) is 0 Å². The Bertz CT molecular complexity index is 1390. The molecule has 0 spiro atoms. The monoisotopic (exact) mass is 467 g/mol. The van der Waals surface area contributed by atoms with Crippen LogP contribution in [0.3, 0.4) is 0 Å². The Labute approximate surface area is 203 Å². The number of amides is 2. The summed E-state index contributed by atoms with van der Waals surface area (Å²) in [7, 11) is 1.57. The number of hydrogen-bond donors (Lipinski definition) is 0. The normalized spacial score (nSPS) is 16.4. The molecule has 0 radical (unpaired) electrons. The number of benzene rings is 2. The van der Waals surface area contributed by atoms with Gasteiger partial charge in [-0.1, -0.05) is 18.2 Å². The summed E-state index contributed by atoms with van der Waals surface area (Å²) in [6.07, 6.45) is 5.40. The molecular weight excluding hydrogens is 442 g/mol. The van der Waals surface area contributed by atoms with Gasteiger partial charge in [0, 0.05) is 17.8 Å². The fraction of sp³-hybridized carbons (Fsp3) is 0.214. The third-order valence-electron chi connectivity index (χ3n) is 6.67. The number of carbonyl (C=O) groups is 2. The quantitative estimate of drug-likeness (QED) is 0.408. The van der Waals surface area contributed by atoms with Crippen molar-refractivity contribution in [3.8, 4) is 11.4 Å². The molecule has 1 aliphatic carbocycles. The molecule has 0 saturated heterocycles. The van der Waals surface area contributed by atoms with Crippen LogP contribution in [0, 0.1) is 0 Å². The van der Waals surface area contributed by atoms with Gasteiger partial charge in [0.1, 0.15) is 24.1 Å². The Morgan fingerprint density at radius 1 is 1.00 bits per heavy atom. The standard InChI is InChI=1S/C28H25N3O4/c1-34-21-8-4-7-19(17-21)28(33)30(20-13-14-20)18-26(32)31-23-10-3-2-9-22(23)29-15-5-11-24(29)27(31)25-12-6-16-35-25/h2-12,15-17,20,27H,13-14,18H2,1H3. The molecule has 7 nitrogen and oxygen atoms in total. The van der Waals surface area contributed by atoms with E-state index in [1.54, 1.807) is 47.4 Å². The van der Waals surface area contributed by atoms with E-state index in [0.717, 1.165) is 29.9 Å². The fourth-order valence-electron chi connectivity index (χ4n) is 4.87. The lowest BCUT2D eigenvalue weighted by Crippen LogP contribution is -2.47. The van der Waals surface area contributed by atoms with Crippen molar-refractivity contribution < 1.29 is 18.7 Å². The number of fused-ring (bicyclic) bond motifs is 3. The molecule has 1 unspecified atom stereocenters. The van der Waals surface area contributed by atoms with Crippen LogP contribution in [-0.2, 0) is 4.79 Å². The van der Waals surface area contributed by atoms with Gasteiger partial charge in [-0.2, -0.15) is 0 Å². The molecule has 1 fully saturated rings. The Balaban J connectivity index is 1.38. The number of hydrogen-bond acceptors (Lipinski definition) is 4. The van der Waals surface area contributed by atoms with Crippen LogP contribution in [0.5, 0.6) is 5.75 Å². The summed E-state index contributed by atoms with van der Waals surface area (Å²) >= 11 is 0. The third kappa shape index (κ3) is 3.69. The van der Waals surface area contributed by atoms with Crippen molar-refractivity contribution >= 4 is 17.5 Å². The zero-order valence-electron chi connectivity index (χ0n) is 19.3. The Hall–Kier alpha value is -4.26. The lowest BCUT2D eigenvalue weighted by atomic mass is 10.0. The maximum Gasteiger partial charge on any atom is 0.254 e. The van der Waals surface area contributed by atoms with Crippen LogP contribution in [0.1, 0.15) is 40.7 Å². The number of anilines is 1. The fourth-order valence-corrected chi connectivity index (χ4v) is 4.87. The number of ether oxygens (including phenoxy) is 1. The number of carbonyl (C=O) groups excluding carboxylic acids is 2. The van der Waals surface area contributed by atoms with E-state index in [-0.39, 0.29) is 24.4 Å². The van der Waals surface area contributed by atoms with Gasteiger partial charge >= 0.3 is 0 Å². The number of nitrogens with zero attached hydrogens (tertiary/aromatic N) is 3. The van der Waals surface area contributed by atoms with Gasteiger partial charge in [0.25, 0.3) is 5.91 Å². The van der Waals surface area contributed by atoms with Gasteiger partial charge in [0.05, 0.1) is 30.4 Å². The SMILES string of the molecule is COc1cccc(C(=O)N(CC(=O)N2c3ccccc3-n3cccc3C2c2ccco2)C2CC2)c1. The van der Waals surface area contributed by atoms with Gasteiger partial charge < -0.3 is 18.6 Å². The van der Waals surface area contributed by atoms with E-state index in [9.17, 15) is 9.59 Å². The minimum atomic E-state index is -0.435. The van der Waals surface area contributed by atoms with E-state index in [1.165, 1.54) is 0 Å². The van der Waals surface area contributed by atoms with E-state index >= 15 is 0 Å². The molecule has 1 saturated carbocycles. The molecule has 6 rings (SSSR count). The summed E-state index contributed by atoms with van der Waals surface area (Å²) in [6.45, 7) is -0.0209. The van der Waals surface area contributed by atoms with Crippen molar-refractivity contribution in [2.45, 2.75) is 24.9 Å². The molecule has 35 heavy (non-hydrogen) atoms. The first-order valence-electron chi connectivity index (χ1n) is 11.7. The highest BCUT2D eigenvalue weighted by Gasteiger charge is 2.41. The predicted molar refractivity (Wildman–Crippen MR) is 131 cm³/mol. The minimum Gasteiger partial charge on any atom is -0.497 e. The van der Waals surface area contributed by atoms with E-state index in [0.29, 0.717) is 17.1 Å². The first-order chi connectivity index (χ1) is 17.2. The predicted octanol–water partition coefficient (Wildman–Crippen LogP) is 4.82. The molecule has 2 aliphatic rings. The lowest BCUT2D eigenvalue weighted by molar-refractivity contribution is -0.120. The summed E-state index contributed by atoms with van der Waals surface area (Å²) in [5.74, 6) is 0.962. The second kappa shape index (κ2) is 8.51. The first kappa shape index (κ1) is 21.3. The maximum absolute atomic E-state index is 14.1.